The second-order valence-electron chi connectivity index (χ2n) is 7.81. The topological polar surface area (TPSA) is 49.4 Å². The van der Waals surface area contributed by atoms with Crippen LogP contribution >= 0.6 is 11.3 Å². The van der Waals surface area contributed by atoms with Crippen molar-refractivity contribution in [3.63, 3.8) is 0 Å². The first-order chi connectivity index (χ1) is 14.6. The Bertz CT molecular complexity index is 1020. The van der Waals surface area contributed by atoms with Gasteiger partial charge in [0.05, 0.1) is 4.88 Å². The fourth-order valence-electron chi connectivity index (χ4n) is 3.84. The number of hydrogen-bond donors (Lipinski definition) is 1. The Morgan fingerprint density at radius 1 is 1.00 bits per heavy atom. The Labute approximate surface area is 181 Å². The van der Waals surface area contributed by atoms with E-state index < -0.39 is 0 Å². The molecule has 1 aliphatic heterocycles. The molecule has 4 rings (SSSR count). The highest BCUT2D eigenvalue weighted by atomic mass is 32.1. The van der Waals surface area contributed by atoms with Gasteiger partial charge in [-0.05, 0) is 49.1 Å². The molecule has 0 saturated carbocycles. The van der Waals surface area contributed by atoms with Gasteiger partial charge in [0, 0.05) is 36.1 Å². The fraction of sp³-hybridized carbons (Fsp3) is 0.280. The van der Waals surface area contributed by atoms with Crippen LogP contribution in [0.5, 0.6) is 0 Å². The quantitative estimate of drug-likeness (QED) is 0.573. The van der Waals surface area contributed by atoms with Gasteiger partial charge >= 0.3 is 0 Å². The second kappa shape index (κ2) is 9.37. The monoisotopic (exact) mass is 418 g/mol. The van der Waals surface area contributed by atoms with Gasteiger partial charge in [-0.25, -0.2) is 0 Å². The maximum atomic E-state index is 12.7. The van der Waals surface area contributed by atoms with Crippen LogP contribution in [0.4, 0.5) is 0 Å². The molecule has 1 fully saturated rings. The number of thiophene rings is 1. The van der Waals surface area contributed by atoms with Crippen molar-refractivity contribution in [2.24, 2.45) is 0 Å². The smallest absolute Gasteiger partial charge is 0.261 e. The van der Waals surface area contributed by atoms with E-state index in [1.807, 2.05) is 42.5 Å². The van der Waals surface area contributed by atoms with E-state index >= 15 is 0 Å². The summed E-state index contributed by atoms with van der Waals surface area (Å²) >= 11 is 1.47. The predicted octanol–water partition coefficient (Wildman–Crippen LogP) is 5.01. The summed E-state index contributed by atoms with van der Waals surface area (Å²) in [5, 5.41) is 3.20. The van der Waals surface area contributed by atoms with Crippen molar-refractivity contribution in [3.05, 3.63) is 82.7 Å². The average Bonchev–Trinajstić information content (AvgIpc) is 3.26. The Morgan fingerprint density at radius 3 is 2.50 bits per heavy atom. The number of hydrogen-bond acceptors (Lipinski definition) is 4. The van der Waals surface area contributed by atoms with Gasteiger partial charge in [-0.2, -0.15) is 0 Å². The molecule has 154 valence electrons. The number of ketones is 1. The van der Waals surface area contributed by atoms with Crippen molar-refractivity contribution in [3.8, 4) is 10.4 Å². The van der Waals surface area contributed by atoms with Crippen molar-refractivity contribution in [1.29, 1.82) is 0 Å². The molecular formula is C25H26N2O2S. The molecule has 1 aliphatic rings. The number of amides is 1. The van der Waals surface area contributed by atoms with E-state index in [0.717, 1.165) is 42.9 Å². The molecule has 2 heterocycles. The van der Waals surface area contributed by atoms with E-state index in [4.69, 9.17) is 0 Å². The molecule has 0 bridgehead atoms. The molecule has 4 nitrogen and oxygen atoms in total. The minimum Gasteiger partial charge on any atom is -0.349 e. The van der Waals surface area contributed by atoms with Gasteiger partial charge in [0.1, 0.15) is 0 Å². The first-order valence-electron chi connectivity index (χ1n) is 10.4. The normalized spacial score (nSPS) is 15.1. The molecular weight excluding hydrogens is 392 g/mol. The van der Waals surface area contributed by atoms with Gasteiger partial charge in [-0.1, -0.05) is 48.5 Å². The van der Waals surface area contributed by atoms with E-state index in [1.165, 1.54) is 16.9 Å². The van der Waals surface area contributed by atoms with Crippen LogP contribution in [-0.2, 0) is 6.54 Å². The first kappa shape index (κ1) is 20.5. The van der Waals surface area contributed by atoms with Crippen LogP contribution in [0.2, 0.25) is 0 Å². The number of carbonyl (C=O) groups excluding carboxylic acids is 2. The van der Waals surface area contributed by atoms with Gasteiger partial charge in [-0.15, -0.1) is 11.3 Å². The van der Waals surface area contributed by atoms with Crippen molar-refractivity contribution in [2.75, 3.05) is 13.1 Å². The Hall–Kier alpha value is -2.76. The molecule has 2 aromatic carbocycles. The van der Waals surface area contributed by atoms with Crippen LogP contribution in [-0.4, -0.2) is 35.7 Å². The average molecular weight is 419 g/mol. The molecule has 30 heavy (non-hydrogen) atoms. The molecule has 1 amide bonds. The van der Waals surface area contributed by atoms with Crippen molar-refractivity contribution < 1.29 is 9.59 Å². The minimum absolute atomic E-state index is 0.00418. The number of nitrogens with one attached hydrogen (secondary N) is 1. The maximum absolute atomic E-state index is 12.7. The van der Waals surface area contributed by atoms with Crippen LogP contribution in [0.1, 0.15) is 45.4 Å². The van der Waals surface area contributed by atoms with Crippen molar-refractivity contribution in [2.45, 2.75) is 32.4 Å². The Kier molecular flexibility index (Phi) is 6.41. The second-order valence-corrected chi connectivity index (χ2v) is 8.89. The lowest BCUT2D eigenvalue weighted by Crippen LogP contribution is -2.44. The standard InChI is InChI=1S/C25H26N2O2S/c1-18(28)20-8-5-9-21(16-20)23-10-11-24(30-23)25(29)26-22-12-14-27(15-13-22)17-19-6-3-2-4-7-19/h2-11,16,22H,12-15,17H2,1H3,(H,26,29). The van der Waals surface area contributed by atoms with Crippen LogP contribution in [0.3, 0.4) is 0 Å². The molecule has 1 aromatic heterocycles. The molecule has 0 spiro atoms. The first-order valence-corrected chi connectivity index (χ1v) is 11.2. The van der Waals surface area contributed by atoms with Crippen LogP contribution in [0, 0.1) is 0 Å². The zero-order valence-corrected chi connectivity index (χ0v) is 18.0. The zero-order chi connectivity index (χ0) is 20.9. The summed E-state index contributed by atoms with van der Waals surface area (Å²) < 4.78 is 0. The highest BCUT2D eigenvalue weighted by Crippen LogP contribution is 2.29. The Balaban J connectivity index is 1.32. The van der Waals surface area contributed by atoms with Crippen molar-refractivity contribution >= 4 is 23.0 Å². The van der Waals surface area contributed by atoms with Crippen LogP contribution < -0.4 is 5.32 Å². The summed E-state index contributed by atoms with van der Waals surface area (Å²) in [6.07, 6.45) is 1.94. The molecule has 0 radical (unpaired) electrons. The van der Waals surface area contributed by atoms with Gasteiger partial charge in [0.25, 0.3) is 5.91 Å². The summed E-state index contributed by atoms with van der Waals surface area (Å²) in [7, 11) is 0. The lowest BCUT2D eigenvalue weighted by Gasteiger charge is -2.32. The third-order valence-electron chi connectivity index (χ3n) is 5.56. The van der Waals surface area contributed by atoms with E-state index in [0.29, 0.717) is 10.4 Å². The highest BCUT2D eigenvalue weighted by Gasteiger charge is 2.22. The van der Waals surface area contributed by atoms with Crippen LogP contribution in [0.25, 0.3) is 10.4 Å². The van der Waals surface area contributed by atoms with Gasteiger partial charge in [0.15, 0.2) is 5.78 Å². The largest absolute Gasteiger partial charge is 0.349 e. The molecule has 1 saturated heterocycles. The highest BCUT2D eigenvalue weighted by molar-refractivity contribution is 7.17. The van der Waals surface area contributed by atoms with Crippen molar-refractivity contribution in [1.82, 2.24) is 10.2 Å². The molecule has 0 aliphatic carbocycles. The molecule has 3 aromatic rings. The van der Waals surface area contributed by atoms with E-state index in [9.17, 15) is 9.59 Å². The summed E-state index contributed by atoms with van der Waals surface area (Å²) in [5.41, 5.74) is 3.00. The van der Waals surface area contributed by atoms with E-state index in [2.05, 4.69) is 34.5 Å². The lowest BCUT2D eigenvalue weighted by molar-refractivity contribution is 0.0912. The lowest BCUT2D eigenvalue weighted by atomic mass is 10.0. The minimum atomic E-state index is -0.00418. The molecule has 1 N–H and O–H groups in total. The molecule has 0 atom stereocenters. The van der Waals surface area contributed by atoms with Gasteiger partial charge in [-0.3, -0.25) is 14.5 Å². The third-order valence-corrected chi connectivity index (χ3v) is 6.69. The number of piperidine rings is 1. The van der Waals surface area contributed by atoms with E-state index in [-0.39, 0.29) is 17.7 Å². The summed E-state index contributed by atoms with van der Waals surface area (Å²) in [4.78, 5) is 28.5. The fourth-order valence-corrected chi connectivity index (χ4v) is 4.75. The SMILES string of the molecule is CC(=O)c1cccc(-c2ccc(C(=O)NC3CCN(Cc4ccccc4)CC3)s2)c1. The molecule has 0 unspecified atom stereocenters. The number of rotatable bonds is 6. The Morgan fingerprint density at radius 2 is 1.77 bits per heavy atom. The predicted molar refractivity (Wildman–Crippen MR) is 122 cm³/mol. The zero-order valence-electron chi connectivity index (χ0n) is 17.1. The van der Waals surface area contributed by atoms with E-state index in [1.54, 1.807) is 6.92 Å². The summed E-state index contributed by atoms with van der Waals surface area (Å²) in [6, 6.07) is 22.1. The van der Waals surface area contributed by atoms with Gasteiger partial charge in [0.2, 0.25) is 0 Å². The maximum Gasteiger partial charge on any atom is 0.261 e. The number of Topliss-reactive ketones (excluding diaryl/α,β-unsaturated/α-hetero) is 1. The number of likely N-dealkylation sites (tertiary alicyclic amines) is 1. The summed E-state index contributed by atoms with van der Waals surface area (Å²) in [5.74, 6) is 0.0421. The third kappa shape index (κ3) is 5.04. The van der Waals surface area contributed by atoms with Crippen LogP contribution in [0.15, 0.2) is 66.7 Å². The van der Waals surface area contributed by atoms with Gasteiger partial charge < -0.3 is 5.32 Å². The number of carbonyl (C=O) groups is 2. The summed E-state index contributed by atoms with van der Waals surface area (Å²) in [6.45, 7) is 4.52. The number of benzene rings is 2. The number of nitrogens with zero attached hydrogens (tertiary/aromatic N) is 1. The molecule has 5 heteroatoms.